The van der Waals surface area contributed by atoms with Crippen molar-refractivity contribution in [3.05, 3.63) is 42.2 Å². The zero-order chi connectivity index (χ0) is 12.0. The minimum absolute atomic E-state index is 0.135. The highest BCUT2D eigenvalue weighted by Crippen LogP contribution is 2.10. The third kappa shape index (κ3) is 3.24. The van der Waals surface area contributed by atoms with Gasteiger partial charge in [-0.1, -0.05) is 25.1 Å². The molecule has 1 N–H and O–H groups in total. The molecule has 0 aromatic heterocycles. The highest BCUT2D eigenvalue weighted by molar-refractivity contribution is 6.16. The number of Topliss-reactive ketones (excluding diaryl/α,β-unsaturated/α-hetero) is 1. The van der Waals surface area contributed by atoms with Crippen molar-refractivity contribution in [2.24, 2.45) is 0 Å². The van der Waals surface area contributed by atoms with Gasteiger partial charge in [0.2, 0.25) is 0 Å². The Bertz CT molecular complexity index is 406. The molecule has 0 heterocycles. The van der Waals surface area contributed by atoms with E-state index in [0.717, 1.165) is 6.26 Å². The lowest BCUT2D eigenvalue weighted by molar-refractivity contribution is -0.134. The van der Waals surface area contributed by atoms with E-state index in [4.69, 9.17) is 9.84 Å². The molecule has 4 heteroatoms. The predicted molar refractivity (Wildman–Crippen MR) is 58.1 cm³/mol. The van der Waals surface area contributed by atoms with Crippen LogP contribution in [-0.4, -0.2) is 16.9 Å². The number of rotatable bonds is 5. The largest absolute Gasteiger partial charge is 0.477 e. The highest BCUT2D eigenvalue weighted by Gasteiger charge is 2.15. The molecule has 0 atom stereocenters. The van der Waals surface area contributed by atoms with Crippen molar-refractivity contribution in [3.63, 3.8) is 0 Å². The van der Waals surface area contributed by atoms with E-state index in [1.54, 1.807) is 31.2 Å². The van der Waals surface area contributed by atoms with Crippen LogP contribution in [0.3, 0.4) is 0 Å². The quantitative estimate of drug-likeness (QED) is 0.357. The first-order valence-electron chi connectivity index (χ1n) is 4.83. The molecule has 1 aromatic rings. The Kier molecular flexibility index (Phi) is 4.27. The maximum absolute atomic E-state index is 11.2. The Hall–Kier alpha value is -2.10. The maximum Gasteiger partial charge on any atom is 0.342 e. The number of carboxylic acid groups (broad SMARTS) is 1. The van der Waals surface area contributed by atoms with Gasteiger partial charge < -0.3 is 9.84 Å². The fraction of sp³-hybridized carbons (Fsp3) is 0.167. The summed E-state index contributed by atoms with van der Waals surface area (Å²) in [5.41, 5.74) is -0.341. The zero-order valence-corrected chi connectivity index (χ0v) is 8.84. The van der Waals surface area contributed by atoms with E-state index in [0.29, 0.717) is 5.75 Å². The Balaban J connectivity index is 2.81. The Morgan fingerprint density at radius 3 is 2.44 bits per heavy atom. The summed E-state index contributed by atoms with van der Waals surface area (Å²) in [5, 5.41) is 8.78. The topological polar surface area (TPSA) is 63.6 Å². The standard InChI is InChI=1S/C12H12O4/c1-2-11(13)10(12(14)15)8-16-9-6-4-3-5-7-9/h3-8H,2H2,1H3,(H,14,15)/b10-8+. The number of para-hydroxylation sites is 1. The van der Waals surface area contributed by atoms with Crippen LogP contribution < -0.4 is 4.74 Å². The first-order chi connectivity index (χ1) is 7.65. The third-order valence-corrected chi connectivity index (χ3v) is 1.91. The minimum atomic E-state index is -1.28. The summed E-state index contributed by atoms with van der Waals surface area (Å²) in [6, 6.07) is 8.67. The van der Waals surface area contributed by atoms with E-state index in [9.17, 15) is 9.59 Å². The van der Waals surface area contributed by atoms with Crippen molar-refractivity contribution in [2.45, 2.75) is 13.3 Å². The van der Waals surface area contributed by atoms with Gasteiger partial charge in [0.25, 0.3) is 0 Å². The summed E-state index contributed by atoms with van der Waals surface area (Å²) in [6.07, 6.45) is 1.11. The van der Waals surface area contributed by atoms with Gasteiger partial charge in [-0.3, -0.25) is 4.79 Å². The van der Waals surface area contributed by atoms with Gasteiger partial charge in [-0.15, -0.1) is 0 Å². The monoisotopic (exact) mass is 220 g/mol. The van der Waals surface area contributed by atoms with E-state index in [2.05, 4.69) is 0 Å². The smallest absolute Gasteiger partial charge is 0.342 e. The SMILES string of the molecule is CCC(=O)/C(=C\Oc1ccccc1)C(=O)O. The van der Waals surface area contributed by atoms with Crippen LogP contribution in [-0.2, 0) is 9.59 Å². The number of ketones is 1. The van der Waals surface area contributed by atoms with E-state index in [1.807, 2.05) is 6.07 Å². The summed E-state index contributed by atoms with van der Waals surface area (Å²) in [6.45, 7) is 1.60. The molecule has 0 saturated carbocycles. The number of carboxylic acids is 1. The number of hydrogen-bond donors (Lipinski definition) is 1. The van der Waals surface area contributed by atoms with E-state index >= 15 is 0 Å². The number of aliphatic carboxylic acids is 1. The first kappa shape index (κ1) is 12.0. The molecule has 0 spiro atoms. The molecule has 0 unspecified atom stereocenters. The van der Waals surface area contributed by atoms with Gasteiger partial charge in [0, 0.05) is 6.42 Å². The van der Waals surface area contributed by atoms with Crippen molar-refractivity contribution < 1.29 is 19.4 Å². The molecule has 0 bridgehead atoms. The van der Waals surface area contributed by atoms with Crippen molar-refractivity contribution in [1.29, 1.82) is 0 Å². The molecule has 1 aromatic carbocycles. The van der Waals surface area contributed by atoms with Crippen LogP contribution in [0.4, 0.5) is 0 Å². The molecule has 84 valence electrons. The molecule has 0 aliphatic rings. The van der Waals surface area contributed by atoms with E-state index in [-0.39, 0.29) is 12.0 Å². The lowest BCUT2D eigenvalue weighted by Gasteiger charge is -2.01. The molecule has 0 amide bonds. The van der Waals surface area contributed by atoms with Gasteiger partial charge in [0.05, 0.1) is 0 Å². The average Bonchev–Trinajstić information content (AvgIpc) is 2.30. The summed E-state index contributed by atoms with van der Waals surface area (Å²) in [4.78, 5) is 22.0. The number of carbonyl (C=O) groups excluding carboxylic acids is 1. The number of benzene rings is 1. The van der Waals surface area contributed by atoms with Crippen LogP contribution in [0, 0.1) is 0 Å². The van der Waals surface area contributed by atoms with Crippen molar-refractivity contribution in [3.8, 4) is 5.75 Å². The summed E-state index contributed by atoms with van der Waals surface area (Å²) in [5.74, 6) is -1.24. The number of carbonyl (C=O) groups is 2. The van der Waals surface area contributed by atoms with Crippen LogP contribution in [0.5, 0.6) is 5.75 Å². The fourth-order valence-electron chi connectivity index (χ4n) is 1.05. The van der Waals surface area contributed by atoms with Crippen LogP contribution in [0.1, 0.15) is 13.3 Å². The minimum Gasteiger partial charge on any atom is -0.477 e. The van der Waals surface area contributed by atoms with Gasteiger partial charge in [-0.05, 0) is 12.1 Å². The Morgan fingerprint density at radius 1 is 1.31 bits per heavy atom. The average molecular weight is 220 g/mol. The molecule has 4 nitrogen and oxygen atoms in total. The first-order valence-corrected chi connectivity index (χ1v) is 4.83. The summed E-state index contributed by atoms with van der Waals surface area (Å²) < 4.78 is 5.09. The van der Waals surface area contributed by atoms with Gasteiger partial charge >= 0.3 is 5.97 Å². The molecule has 0 fully saturated rings. The highest BCUT2D eigenvalue weighted by atomic mass is 16.5. The second kappa shape index (κ2) is 5.70. The molecular formula is C12H12O4. The predicted octanol–water partition coefficient (Wildman–Crippen LogP) is 2.01. The summed E-state index contributed by atoms with van der Waals surface area (Å²) in [7, 11) is 0. The third-order valence-electron chi connectivity index (χ3n) is 1.91. The molecule has 1 rings (SSSR count). The normalized spacial score (nSPS) is 10.9. The van der Waals surface area contributed by atoms with Crippen molar-refractivity contribution in [1.82, 2.24) is 0 Å². The maximum atomic E-state index is 11.2. The molecular weight excluding hydrogens is 208 g/mol. The summed E-state index contributed by atoms with van der Waals surface area (Å²) >= 11 is 0. The Labute approximate surface area is 93.2 Å². The second-order valence-electron chi connectivity index (χ2n) is 3.04. The van der Waals surface area contributed by atoms with Crippen LogP contribution >= 0.6 is 0 Å². The number of ether oxygens (including phenoxy) is 1. The van der Waals surface area contributed by atoms with E-state index < -0.39 is 11.8 Å². The van der Waals surface area contributed by atoms with Gasteiger partial charge in [-0.25, -0.2) is 4.79 Å². The van der Waals surface area contributed by atoms with Crippen molar-refractivity contribution in [2.75, 3.05) is 0 Å². The molecule has 0 aliphatic heterocycles. The van der Waals surface area contributed by atoms with Gasteiger partial charge in [0.1, 0.15) is 17.6 Å². The van der Waals surface area contributed by atoms with Crippen LogP contribution in [0.15, 0.2) is 42.2 Å². The lowest BCUT2D eigenvalue weighted by Crippen LogP contribution is -2.12. The fourth-order valence-corrected chi connectivity index (χ4v) is 1.05. The molecule has 0 aliphatic carbocycles. The Morgan fingerprint density at radius 2 is 1.94 bits per heavy atom. The van der Waals surface area contributed by atoms with Gasteiger partial charge in [-0.2, -0.15) is 0 Å². The zero-order valence-electron chi connectivity index (χ0n) is 8.84. The van der Waals surface area contributed by atoms with Crippen LogP contribution in [0.2, 0.25) is 0 Å². The molecule has 0 saturated heterocycles. The molecule has 16 heavy (non-hydrogen) atoms. The number of hydrogen-bond acceptors (Lipinski definition) is 3. The van der Waals surface area contributed by atoms with Crippen LogP contribution in [0.25, 0.3) is 0 Å². The van der Waals surface area contributed by atoms with Crippen molar-refractivity contribution >= 4 is 11.8 Å². The second-order valence-corrected chi connectivity index (χ2v) is 3.04. The van der Waals surface area contributed by atoms with E-state index in [1.165, 1.54) is 0 Å². The lowest BCUT2D eigenvalue weighted by atomic mass is 10.1. The molecule has 0 radical (unpaired) electrons. The van der Waals surface area contributed by atoms with Gasteiger partial charge in [0.15, 0.2) is 5.78 Å².